The fraction of sp³-hybridized carbons (Fsp3) is 0.455. The van der Waals surface area contributed by atoms with Crippen molar-refractivity contribution in [2.45, 2.75) is 50.8 Å². The Bertz CT molecular complexity index is 778. The smallest absolute Gasteiger partial charge is 0.165 e. The van der Waals surface area contributed by atoms with E-state index in [-0.39, 0.29) is 24.0 Å². The van der Waals surface area contributed by atoms with E-state index in [2.05, 4.69) is 23.1 Å². The maximum atomic E-state index is 14.4. The fourth-order valence-corrected chi connectivity index (χ4v) is 4.40. The van der Waals surface area contributed by atoms with Gasteiger partial charge in [-0.05, 0) is 68.0 Å². The minimum absolute atomic E-state index is 0.165. The summed E-state index contributed by atoms with van der Waals surface area (Å²) in [6.07, 6.45) is 4.08. The molecule has 0 saturated carbocycles. The number of likely N-dealkylation sites (tertiary alicyclic amines) is 1. The van der Waals surface area contributed by atoms with Crippen molar-refractivity contribution in [3.8, 4) is 5.75 Å². The van der Waals surface area contributed by atoms with Crippen molar-refractivity contribution in [1.29, 1.82) is 0 Å². The predicted molar refractivity (Wildman–Crippen MR) is 102 cm³/mol. The normalized spacial score (nSPS) is 26.3. The molecule has 138 valence electrons. The molecule has 1 saturated heterocycles. The van der Waals surface area contributed by atoms with Crippen LogP contribution in [0.2, 0.25) is 0 Å². The number of ether oxygens (including phenoxy) is 1. The standard InChI is InChI=1S/C22H27FN2O/c1-15-8-10-19(23)21(13-15)26-22-18-7-3-2-5-16(18)9-11-20(22)25-12-4-6-17(24)14-25/h2-3,5,7-8,10,13,17,20,22H,4,6,9,11-12,14,24H2,1H3/t17-,20+,22+/m1/s1. The van der Waals surface area contributed by atoms with Crippen molar-refractivity contribution < 1.29 is 9.13 Å². The van der Waals surface area contributed by atoms with Crippen LogP contribution in [0.4, 0.5) is 4.39 Å². The van der Waals surface area contributed by atoms with E-state index < -0.39 is 0 Å². The van der Waals surface area contributed by atoms with Crippen molar-refractivity contribution >= 4 is 0 Å². The molecule has 3 nitrogen and oxygen atoms in total. The van der Waals surface area contributed by atoms with E-state index >= 15 is 0 Å². The molecule has 1 fully saturated rings. The predicted octanol–water partition coefficient (Wildman–Crippen LogP) is 3.99. The first kappa shape index (κ1) is 17.5. The van der Waals surface area contributed by atoms with Crippen LogP contribution >= 0.6 is 0 Å². The summed E-state index contributed by atoms with van der Waals surface area (Å²) < 4.78 is 20.7. The number of hydrogen-bond donors (Lipinski definition) is 1. The summed E-state index contributed by atoms with van der Waals surface area (Å²) in [4.78, 5) is 2.46. The van der Waals surface area contributed by atoms with Gasteiger partial charge in [0, 0.05) is 12.6 Å². The molecular formula is C22H27FN2O. The summed E-state index contributed by atoms with van der Waals surface area (Å²) in [7, 11) is 0. The highest BCUT2D eigenvalue weighted by atomic mass is 19.1. The van der Waals surface area contributed by atoms with Gasteiger partial charge in [0.05, 0.1) is 6.04 Å². The van der Waals surface area contributed by atoms with Crippen LogP contribution in [0.25, 0.3) is 0 Å². The van der Waals surface area contributed by atoms with Crippen molar-refractivity contribution in [1.82, 2.24) is 4.90 Å². The SMILES string of the molecule is Cc1ccc(F)c(O[C@H]2c3ccccc3CC[C@@H]2N2CCC[C@@H](N)C2)c1. The summed E-state index contributed by atoms with van der Waals surface area (Å²) in [6.45, 7) is 3.89. The van der Waals surface area contributed by atoms with Gasteiger partial charge >= 0.3 is 0 Å². The highest BCUT2D eigenvalue weighted by molar-refractivity contribution is 5.36. The van der Waals surface area contributed by atoms with Crippen LogP contribution in [0.3, 0.4) is 0 Å². The quantitative estimate of drug-likeness (QED) is 0.906. The molecule has 3 atom stereocenters. The number of hydrogen-bond acceptors (Lipinski definition) is 3. The maximum absolute atomic E-state index is 14.4. The van der Waals surface area contributed by atoms with Gasteiger partial charge in [-0.25, -0.2) is 4.39 Å². The number of halogens is 1. The molecule has 1 heterocycles. The average Bonchev–Trinajstić information content (AvgIpc) is 2.65. The van der Waals surface area contributed by atoms with Gasteiger partial charge in [0.1, 0.15) is 6.10 Å². The maximum Gasteiger partial charge on any atom is 0.165 e. The molecule has 2 aliphatic rings. The minimum Gasteiger partial charge on any atom is -0.481 e. The van der Waals surface area contributed by atoms with Crippen molar-refractivity contribution in [2.24, 2.45) is 5.73 Å². The molecule has 4 rings (SSSR count). The number of fused-ring (bicyclic) bond motifs is 1. The van der Waals surface area contributed by atoms with Gasteiger partial charge in [0.25, 0.3) is 0 Å². The largest absolute Gasteiger partial charge is 0.481 e. The second-order valence-corrected chi connectivity index (χ2v) is 7.67. The molecule has 1 aliphatic carbocycles. The third kappa shape index (κ3) is 3.49. The van der Waals surface area contributed by atoms with Crippen LogP contribution in [0.1, 0.15) is 42.1 Å². The Labute approximate surface area is 155 Å². The van der Waals surface area contributed by atoms with E-state index in [9.17, 15) is 4.39 Å². The van der Waals surface area contributed by atoms with Crippen LogP contribution in [-0.2, 0) is 6.42 Å². The summed E-state index contributed by atoms with van der Waals surface area (Å²) in [5.74, 6) is 0.0470. The van der Waals surface area contributed by atoms with Crippen LogP contribution in [-0.4, -0.2) is 30.1 Å². The Morgan fingerprint density at radius 2 is 2.00 bits per heavy atom. The molecule has 26 heavy (non-hydrogen) atoms. The van der Waals surface area contributed by atoms with E-state index in [1.165, 1.54) is 17.2 Å². The number of nitrogens with two attached hydrogens (primary N) is 1. The number of aryl methyl sites for hydroxylation is 2. The zero-order valence-corrected chi connectivity index (χ0v) is 15.3. The van der Waals surface area contributed by atoms with Crippen LogP contribution in [0.15, 0.2) is 42.5 Å². The molecule has 0 unspecified atom stereocenters. The lowest BCUT2D eigenvalue weighted by Gasteiger charge is -2.43. The van der Waals surface area contributed by atoms with Crippen LogP contribution in [0, 0.1) is 12.7 Å². The zero-order valence-electron chi connectivity index (χ0n) is 15.3. The average molecular weight is 354 g/mol. The fourth-order valence-electron chi connectivity index (χ4n) is 4.40. The molecule has 2 aromatic carbocycles. The van der Waals surface area contributed by atoms with Gasteiger partial charge in [0.2, 0.25) is 0 Å². The Hall–Kier alpha value is -1.91. The second kappa shape index (κ2) is 7.37. The van der Waals surface area contributed by atoms with Crippen molar-refractivity contribution in [2.75, 3.05) is 13.1 Å². The highest BCUT2D eigenvalue weighted by Gasteiger charge is 2.37. The second-order valence-electron chi connectivity index (χ2n) is 7.67. The number of nitrogens with zero attached hydrogens (tertiary/aromatic N) is 1. The lowest BCUT2D eigenvalue weighted by atomic mass is 9.84. The summed E-state index contributed by atoms with van der Waals surface area (Å²) >= 11 is 0. The molecule has 4 heteroatoms. The Morgan fingerprint density at radius 1 is 1.15 bits per heavy atom. The Kier molecular flexibility index (Phi) is 4.96. The molecule has 2 N–H and O–H groups in total. The number of rotatable bonds is 3. The molecule has 0 radical (unpaired) electrons. The monoisotopic (exact) mass is 354 g/mol. The van der Waals surface area contributed by atoms with Crippen LogP contribution in [0.5, 0.6) is 5.75 Å². The molecule has 0 spiro atoms. The van der Waals surface area contributed by atoms with E-state index in [1.807, 2.05) is 13.0 Å². The summed E-state index contributed by atoms with van der Waals surface area (Å²) in [6, 6.07) is 13.9. The van der Waals surface area contributed by atoms with Crippen molar-refractivity contribution in [3.05, 3.63) is 65.0 Å². The Balaban J connectivity index is 1.68. The summed E-state index contributed by atoms with van der Waals surface area (Å²) in [5, 5.41) is 0. The third-order valence-corrected chi connectivity index (χ3v) is 5.72. The Morgan fingerprint density at radius 3 is 2.85 bits per heavy atom. The van der Waals surface area contributed by atoms with Gasteiger partial charge in [0.15, 0.2) is 11.6 Å². The first-order chi connectivity index (χ1) is 12.6. The van der Waals surface area contributed by atoms with Gasteiger partial charge in [-0.3, -0.25) is 4.90 Å². The first-order valence-corrected chi connectivity index (χ1v) is 9.62. The third-order valence-electron chi connectivity index (χ3n) is 5.72. The number of piperidine rings is 1. The molecule has 0 bridgehead atoms. The zero-order chi connectivity index (χ0) is 18.1. The molecule has 0 amide bonds. The molecular weight excluding hydrogens is 327 g/mol. The van der Waals surface area contributed by atoms with Crippen LogP contribution < -0.4 is 10.5 Å². The summed E-state index contributed by atoms with van der Waals surface area (Å²) in [5.41, 5.74) is 9.72. The molecule has 2 aromatic rings. The minimum atomic E-state index is -0.298. The van der Waals surface area contributed by atoms with Crippen molar-refractivity contribution in [3.63, 3.8) is 0 Å². The van der Waals surface area contributed by atoms with E-state index in [0.717, 1.165) is 44.3 Å². The van der Waals surface area contributed by atoms with Gasteiger partial charge < -0.3 is 10.5 Å². The lowest BCUT2D eigenvalue weighted by Crippen LogP contribution is -2.51. The topological polar surface area (TPSA) is 38.5 Å². The van der Waals surface area contributed by atoms with Gasteiger partial charge in [-0.2, -0.15) is 0 Å². The van der Waals surface area contributed by atoms with Gasteiger partial charge in [-0.1, -0.05) is 30.3 Å². The van der Waals surface area contributed by atoms with E-state index in [4.69, 9.17) is 10.5 Å². The van der Waals surface area contributed by atoms with E-state index in [1.54, 1.807) is 12.1 Å². The molecule has 1 aliphatic heterocycles. The van der Waals surface area contributed by atoms with Gasteiger partial charge in [-0.15, -0.1) is 0 Å². The molecule has 0 aromatic heterocycles. The first-order valence-electron chi connectivity index (χ1n) is 9.62. The number of benzene rings is 2. The van der Waals surface area contributed by atoms with E-state index in [0.29, 0.717) is 5.75 Å². The highest BCUT2D eigenvalue weighted by Crippen LogP contribution is 2.38. The lowest BCUT2D eigenvalue weighted by molar-refractivity contribution is 0.0347.